The molecule has 0 radical (unpaired) electrons. The second kappa shape index (κ2) is 8.21. The van der Waals surface area contributed by atoms with Gasteiger partial charge in [-0.05, 0) is 35.7 Å². The minimum atomic E-state index is -0.306. The molecule has 3 heterocycles. The fraction of sp³-hybridized carbons (Fsp3) is 0.550. The van der Waals surface area contributed by atoms with Gasteiger partial charge >= 0.3 is 0 Å². The van der Waals surface area contributed by atoms with Crippen LogP contribution in [0, 0.1) is 0 Å². The highest BCUT2D eigenvalue weighted by molar-refractivity contribution is 7.10. The zero-order valence-corrected chi connectivity index (χ0v) is 16.6. The van der Waals surface area contributed by atoms with E-state index >= 15 is 0 Å². The van der Waals surface area contributed by atoms with E-state index < -0.39 is 0 Å². The third-order valence-corrected chi connectivity index (χ3v) is 7.75. The maximum Gasteiger partial charge on any atom is 0.231 e. The van der Waals surface area contributed by atoms with Crippen LogP contribution < -0.4 is 5.32 Å². The molecule has 2 aromatic rings. The van der Waals surface area contributed by atoms with Crippen LogP contribution in [-0.4, -0.2) is 43.7 Å². The molecule has 4 rings (SSSR count). The Morgan fingerprint density at radius 2 is 1.88 bits per heavy atom. The van der Waals surface area contributed by atoms with Crippen molar-refractivity contribution < 1.29 is 9.53 Å². The van der Waals surface area contributed by atoms with E-state index in [1.165, 1.54) is 9.75 Å². The van der Waals surface area contributed by atoms with Crippen molar-refractivity contribution in [3.8, 4) is 0 Å². The summed E-state index contributed by atoms with van der Waals surface area (Å²) in [5.74, 6) is 0.215. The molecule has 1 atom stereocenters. The van der Waals surface area contributed by atoms with Gasteiger partial charge in [-0.15, -0.1) is 22.7 Å². The summed E-state index contributed by atoms with van der Waals surface area (Å²) in [5.41, 5.74) is -0.306. The van der Waals surface area contributed by atoms with E-state index in [0.717, 1.165) is 52.0 Å². The lowest BCUT2D eigenvalue weighted by atomic mass is 9.83. The van der Waals surface area contributed by atoms with Crippen LogP contribution in [0.25, 0.3) is 0 Å². The fourth-order valence-corrected chi connectivity index (χ4v) is 6.10. The molecule has 2 fully saturated rings. The second-order valence-corrected chi connectivity index (χ2v) is 9.08. The standard InChI is InChI=1S/C20H26N2O2S2/c23-19(20(7-1-2-8-20)18-6-4-14-26-18)21-15-16(17-5-3-13-25-17)22-9-11-24-12-10-22/h3-6,13-14,16H,1-2,7-12,15H2,(H,21,23)/t16-/m1/s1. The Kier molecular flexibility index (Phi) is 5.74. The Balaban J connectivity index is 1.49. The van der Waals surface area contributed by atoms with Crippen LogP contribution in [0.4, 0.5) is 0 Å². The van der Waals surface area contributed by atoms with E-state index in [0.29, 0.717) is 6.54 Å². The molecule has 26 heavy (non-hydrogen) atoms. The Hall–Kier alpha value is -1.21. The van der Waals surface area contributed by atoms with Gasteiger partial charge in [-0.2, -0.15) is 0 Å². The lowest BCUT2D eigenvalue weighted by Gasteiger charge is -2.35. The maximum absolute atomic E-state index is 13.3. The van der Waals surface area contributed by atoms with Crippen LogP contribution in [0.3, 0.4) is 0 Å². The summed E-state index contributed by atoms with van der Waals surface area (Å²) in [6, 6.07) is 8.72. The molecule has 1 aliphatic carbocycles. The van der Waals surface area contributed by atoms with Crippen molar-refractivity contribution in [2.24, 2.45) is 0 Å². The molecule has 6 heteroatoms. The van der Waals surface area contributed by atoms with Crippen molar-refractivity contribution in [2.45, 2.75) is 37.1 Å². The minimum absolute atomic E-state index is 0.215. The van der Waals surface area contributed by atoms with E-state index in [4.69, 9.17) is 4.74 Å². The molecule has 1 aliphatic heterocycles. The predicted molar refractivity (Wildman–Crippen MR) is 107 cm³/mol. The first-order chi connectivity index (χ1) is 12.8. The van der Waals surface area contributed by atoms with Gasteiger partial charge < -0.3 is 10.1 Å². The number of hydrogen-bond acceptors (Lipinski definition) is 5. The van der Waals surface area contributed by atoms with Gasteiger partial charge in [0.1, 0.15) is 0 Å². The van der Waals surface area contributed by atoms with Gasteiger partial charge in [-0.25, -0.2) is 0 Å². The van der Waals surface area contributed by atoms with E-state index in [2.05, 4.69) is 45.2 Å². The summed E-state index contributed by atoms with van der Waals surface area (Å²) in [5, 5.41) is 7.54. The molecule has 2 aliphatic rings. The SMILES string of the molecule is O=C(NC[C@H](c1cccs1)N1CCOCC1)C1(c2cccs2)CCCC1. The first-order valence-electron chi connectivity index (χ1n) is 9.47. The number of rotatable bonds is 6. The van der Waals surface area contributed by atoms with Gasteiger partial charge in [0.15, 0.2) is 0 Å². The van der Waals surface area contributed by atoms with Crippen molar-refractivity contribution in [2.75, 3.05) is 32.8 Å². The Bertz CT molecular complexity index is 687. The predicted octanol–water partition coefficient (Wildman–Crippen LogP) is 3.81. The normalized spacial score (nSPS) is 21.5. The van der Waals surface area contributed by atoms with Crippen molar-refractivity contribution >= 4 is 28.6 Å². The number of hydrogen-bond donors (Lipinski definition) is 1. The highest BCUT2D eigenvalue weighted by Crippen LogP contribution is 2.43. The van der Waals surface area contributed by atoms with Crippen LogP contribution in [0.5, 0.6) is 0 Å². The fourth-order valence-electron chi connectivity index (χ4n) is 4.25. The third kappa shape index (κ3) is 3.60. The van der Waals surface area contributed by atoms with Gasteiger partial charge in [0.05, 0.1) is 24.7 Å². The van der Waals surface area contributed by atoms with Crippen molar-refractivity contribution in [1.29, 1.82) is 0 Å². The lowest BCUT2D eigenvalue weighted by molar-refractivity contribution is -0.126. The van der Waals surface area contributed by atoms with Crippen LogP contribution in [0.1, 0.15) is 41.5 Å². The number of nitrogens with zero attached hydrogens (tertiary/aromatic N) is 1. The molecule has 0 bridgehead atoms. The first-order valence-corrected chi connectivity index (χ1v) is 11.2. The molecular formula is C20H26N2O2S2. The summed E-state index contributed by atoms with van der Waals surface area (Å²) in [6.07, 6.45) is 4.23. The molecule has 0 spiro atoms. The molecule has 2 aromatic heterocycles. The number of carbonyl (C=O) groups excluding carboxylic acids is 1. The van der Waals surface area contributed by atoms with E-state index in [1.54, 1.807) is 22.7 Å². The number of nitrogens with one attached hydrogen (secondary N) is 1. The number of amides is 1. The molecule has 1 amide bonds. The van der Waals surface area contributed by atoms with Crippen molar-refractivity contribution in [3.63, 3.8) is 0 Å². The highest BCUT2D eigenvalue weighted by atomic mass is 32.1. The van der Waals surface area contributed by atoms with Crippen LogP contribution >= 0.6 is 22.7 Å². The topological polar surface area (TPSA) is 41.6 Å². The van der Waals surface area contributed by atoms with Gasteiger partial charge in [0, 0.05) is 29.4 Å². The van der Waals surface area contributed by atoms with Gasteiger partial charge in [-0.1, -0.05) is 25.0 Å². The zero-order valence-electron chi connectivity index (χ0n) is 15.0. The summed E-state index contributed by atoms with van der Waals surface area (Å²) in [4.78, 5) is 18.3. The van der Waals surface area contributed by atoms with Crippen LogP contribution in [0.2, 0.25) is 0 Å². The van der Waals surface area contributed by atoms with E-state index in [1.807, 2.05) is 0 Å². The zero-order chi connectivity index (χ0) is 17.8. The summed E-state index contributed by atoms with van der Waals surface area (Å²) < 4.78 is 5.51. The smallest absolute Gasteiger partial charge is 0.231 e. The van der Waals surface area contributed by atoms with E-state index in [9.17, 15) is 4.79 Å². The average molecular weight is 391 g/mol. The molecule has 140 valence electrons. The molecule has 1 saturated carbocycles. The van der Waals surface area contributed by atoms with Crippen LogP contribution in [0.15, 0.2) is 35.0 Å². The minimum Gasteiger partial charge on any atom is -0.379 e. The molecule has 4 nitrogen and oxygen atoms in total. The monoisotopic (exact) mass is 390 g/mol. The summed E-state index contributed by atoms with van der Waals surface area (Å²) in [6.45, 7) is 4.07. The summed E-state index contributed by atoms with van der Waals surface area (Å²) in [7, 11) is 0. The van der Waals surface area contributed by atoms with Crippen molar-refractivity contribution in [1.82, 2.24) is 10.2 Å². The molecule has 0 aromatic carbocycles. The van der Waals surface area contributed by atoms with Crippen molar-refractivity contribution in [3.05, 3.63) is 44.8 Å². The largest absolute Gasteiger partial charge is 0.379 e. The molecule has 1 N–H and O–H groups in total. The second-order valence-electron chi connectivity index (χ2n) is 7.16. The Morgan fingerprint density at radius 3 is 2.54 bits per heavy atom. The average Bonchev–Trinajstić information content (AvgIpc) is 3.44. The third-order valence-electron chi connectivity index (χ3n) is 5.70. The molecule has 1 saturated heterocycles. The first kappa shape index (κ1) is 18.2. The number of ether oxygens (including phenoxy) is 1. The Labute approximate surface area is 163 Å². The van der Waals surface area contributed by atoms with Crippen LogP contribution in [-0.2, 0) is 14.9 Å². The maximum atomic E-state index is 13.3. The Morgan fingerprint density at radius 1 is 1.15 bits per heavy atom. The van der Waals surface area contributed by atoms with Gasteiger partial charge in [-0.3, -0.25) is 9.69 Å². The van der Waals surface area contributed by atoms with Gasteiger partial charge in [0.25, 0.3) is 0 Å². The quantitative estimate of drug-likeness (QED) is 0.815. The highest BCUT2D eigenvalue weighted by Gasteiger charge is 2.43. The number of thiophene rings is 2. The number of morpholine rings is 1. The van der Waals surface area contributed by atoms with Gasteiger partial charge in [0.2, 0.25) is 5.91 Å². The summed E-state index contributed by atoms with van der Waals surface area (Å²) >= 11 is 3.50. The number of carbonyl (C=O) groups is 1. The molecule has 0 unspecified atom stereocenters. The van der Waals surface area contributed by atoms with E-state index in [-0.39, 0.29) is 17.4 Å². The molecular weight excluding hydrogens is 364 g/mol. The lowest BCUT2D eigenvalue weighted by Crippen LogP contribution is -2.47.